The van der Waals surface area contributed by atoms with Gasteiger partial charge in [0.1, 0.15) is 0 Å². The maximum Gasteiger partial charge on any atom is 0.0153 e. The Morgan fingerprint density at radius 2 is 1.35 bits per heavy atom. The van der Waals surface area contributed by atoms with Crippen molar-refractivity contribution >= 4 is 11.6 Å². The van der Waals surface area contributed by atoms with E-state index in [1.807, 2.05) is 0 Å². The Bertz CT molecular complexity index is 945. The molecule has 0 fully saturated rings. The van der Waals surface area contributed by atoms with E-state index in [-0.39, 0.29) is 5.41 Å². The molecule has 0 amide bonds. The maximum absolute atomic E-state index is 2.38. The second-order valence-electron chi connectivity index (χ2n) is 7.61. The van der Waals surface area contributed by atoms with Crippen molar-refractivity contribution in [2.45, 2.75) is 26.2 Å². The van der Waals surface area contributed by atoms with E-state index in [0.29, 0.717) is 0 Å². The molecule has 3 aromatic rings. The highest BCUT2D eigenvalue weighted by Gasteiger charge is 2.32. The van der Waals surface area contributed by atoms with Crippen molar-refractivity contribution in [2.75, 3.05) is 0 Å². The van der Waals surface area contributed by atoms with Crippen LogP contribution in [0.15, 0.2) is 90.5 Å². The van der Waals surface area contributed by atoms with E-state index >= 15 is 0 Å². The zero-order chi connectivity index (χ0) is 18.1. The lowest BCUT2D eigenvalue weighted by molar-refractivity contribution is 0.654. The summed E-state index contributed by atoms with van der Waals surface area (Å²) >= 11 is 0. The lowest BCUT2D eigenvalue weighted by atomic mass is 9.79. The number of aryl methyl sites for hydroxylation is 1. The molecule has 1 aliphatic rings. The second-order valence-corrected chi connectivity index (χ2v) is 7.61. The summed E-state index contributed by atoms with van der Waals surface area (Å²) in [7, 11) is 0. The number of benzene rings is 3. The summed E-state index contributed by atoms with van der Waals surface area (Å²) in [5.41, 5.74) is 9.23. The number of hydrogen-bond donors (Lipinski definition) is 0. The highest BCUT2D eigenvalue weighted by atomic mass is 14.3. The Labute approximate surface area is 156 Å². The fourth-order valence-electron chi connectivity index (χ4n) is 3.79. The molecule has 0 N–H and O–H groups in total. The summed E-state index contributed by atoms with van der Waals surface area (Å²) in [4.78, 5) is 0. The van der Waals surface area contributed by atoms with Gasteiger partial charge in [-0.15, -0.1) is 0 Å². The van der Waals surface area contributed by atoms with Crippen LogP contribution in [0.25, 0.3) is 11.6 Å². The van der Waals surface area contributed by atoms with Crippen molar-refractivity contribution in [1.29, 1.82) is 0 Å². The topological polar surface area (TPSA) is 0 Å². The first kappa shape index (κ1) is 16.6. The van der Waals surface area contributed by atoms with Crippen LogP contribution in [0.5, 0.6) is 0 Å². The summed E-state index contributed by atoms with van der Waals surface area (Å²) in [5, 5.41) is 0. The van der Waals surface area contributed by atoms with Gasteiger partial charge in [-0.3, -0.25) is 0 Å². The molecule has 0 spiro atoms. The van der Waals surface area contributed by atoms with Gasteiger partial charge >= 0.3 is 0 Å². The minimum Gasteiger partial charge on any atom is -0.0622 e. The molecule has 0 unspecified atom stereocenters. The third-order valence-electron chi connectivity index (χ3n) is 5.38. The molecule has 0 atom stereocenters. The van der Waals surface area contributed by atoms with E-state index in [2.05, 4.69) is 112 Å². The third-order valence-corrected chi connectivity index (χ3v) is 5.38. The van der Waals surface area contributed by atoms with E-state index in [1.165, 1.54) is 39.0 Å². The molecule has 1 aliphatic carbocycles. The summed E-state index contributed by atoms with van der Waals surface area (Å²) in [6, 6.07) is 28.1. The van der Waals surface area contributed by atoms with Crippen LogP contribution in [-0.4, -0.2) is 0 Å². The van der Waals surface area contributed by atoms with Gasteiger partial charge in [-0.1, -0.05) is 104 Å². The predicted molar refractivity (Wildman–Crippen MR) is 112 cm³/mol. The normalized spacial score (nSPS) is 14.5. The van der Waals surface area contributed by atoms with E-state index in [4.69, 9.17) is 0 Å². The number of fused-ring (bicyclic) bond motifs is 1. The number of allylic oxidation sites excluding steroid dienone is 2. The van der Waals surface area contributed by atoms with E-state index < -0.39 is 0 Å². The zero-order valence-corrected chi connectivity index (χ0v) is 15.7. The van der Waals surface area contributed by atoms with Crippen LogP contribution in [0.1, 0.15) is 41.7 Å². The van der Waals surface area contributed by atoms with Gasteiger partial charge in [0.2, 0.25) is 0 Å². The van der Waals surface area contributed by atoms with Gasteiger partial charge in [0, 0.05) is 5.41 Å². The monoisotopic (exact) mass is 336 g/mol. The van der Waals surface area contributed by atoms with Crippen LogP contribution < -0.4 is 0 Å². The van der Waals surface area contributed by atoms with Gasteiger partial charge < -0.3 is 0 Å². The SMILES string of the molecule is Cc1ccc2c(c1)C(C)(C)C(C=C(c1ccccc1)c1ccccc1)=C2. The van der Waals surface area contributed by atoms with E-state index in [1.54, 1.807) is 0 Å². The second kappa shape index (κ2) is 6.46. The molecule has 0 heteroatoms. The van der Waals surface area contributed by atoms with Crippen molar-refractivity contribution in [3.8, 4) is 0 Å². The largest absolute Gasteiger partial charge is 0.0622 e. The lowest BCUT2D eigenvalue weighted by Gasteiger charge is -2.24. The van der Waals surface area contributed by atoms with Crippen molar-refractivity contribution in [1.82, 2.24) is 0 Å². The highest BCUT2D eigenvalue weighted by Crippen LogP contribution is 2.43. The minimum atomic E-state index is 0.0101. The molecule has 0 radical (unpaired) electrons. The average molecular weight is 336 g/mol. The molecule has 0 saturated carbocycles. The Balaban J connectivity index is 1.86. The fraction of sp³-hybridized carbons (Fsp3) is 0.154. The van der Waals surface area contributed by atoms with Gasteiger partial charge in [-0.25, -0.2) is 0 Å². The number of rotatable bonds is 3. The van der Waals surface area contributed by atoms with Crippen LogP contribution in [0.3, 0.4) is 0 Å². The first-order valence-corrected chi connectivity index (χ1v) is 9.21. The fourth-order valence-corrected chi connectivity index (χ4v) is 3.79. The summed E-state index contributed by atoms with van der Waals surface area (Å²) in [6.07, 6.45) is 4.72. The van der Waals surface area contributed by atoms with E-state index in [9.17, 15) is 0 Å². The average Bonchev–Trinajstić information content (AvgIpc) is 2.91. The molecule has 0 aliphatic heterocycles. The van der Waals surface area contributed by atoms with Crippen LogP contribution in [-0.2, 0) is 5.41 Å². The van der Waals surface area contributed by atoms with Crippen molar-refractivity contribution < 1.29 is 0 Å². The zero-order valence-electron chi connectivity index (χ0n) is 15.7. The number of hydrogen-bond acceptors (Lipinski definition) is 0. The van der Waals surface area contributed by atoms with Crippen molar-refractivity contribution in [3.05, 3.63) is 118 Å². The molecule has 128 valence electrons. The van der Waals surface area contributed by atoms with Crippen molar-refractivity contribution in [2.24, 2.45) is 0 Å². The highest BCUT2D eigenvalue weighted by molar-refractivity contribution is 5.85. The molecular formula is C26H24. The molecule has 0 nitrogen and oxygen atoms in total. The van der Waals surface area contributed by atoms with Gasteiger partial charge in [0.25, 0.3) is 0 Å². The maximum atomic E-state index is 2.38. The quantitative estimate of drug-likeness (QED) is 0.493. The standard InChI is InChI=1S/C26H24/c1-19-14-15-22-17-23(26(2,3)25(22)16-19)18-24(20-10-6-4-7-11-20)21-12-8-5-9-13-21/h4-18H,1-3H3. The van der Waals surface area contributed by atoms with Gasteiger partial charge in [-0.2, -0.15) is 0 Å². The predicted octanol–water partition coefficient (Wildman–Crippen LogP) is 6.80. The Morgan fingerprint density at radius 3 is 1.92 bits per heavy atom. The molecule has 26 heavy (non-hydrogen) atoms. The molecule has 4 rings (SSSR count). The van der Waals surface area contributed by atoms with Gasteiger partial charge in [0.15, 0.2) is 0 Å². The Morgan fingerprint density at radius 1 is 0.769 bits per heavy atom. The van der Waals surface area contributed by atoms with Crippen LogP contribution in [0.2, 0.25) is 0 Å². The molecule has 0 aromatic heterocycles. The van der Waals surface area contributed by atoms with Crippen LogP contribution in [0.4, 0.5) is 0 Å². The first-order chi connectivity index (χ1) is 12.6. The molecular weight excluding hydrogens is 312 g/mol. The minimum absolute atomic E-state index is 0.0101. The lowest BCUT2D eigenvalue weighted by Crippen LogP contribution is -2.16. The molecule has 0 saturated heterocycles. The summed E-state index contributed by atoms with van der Waals surface area (Å²) in [5.74, 6) is 0. The van der Waals surface area contributed by atoms with Gasteiger partial charge in [-0.05, 0) is 46.4 Å². The third kappa shape index (κ3) is 2.93. The summed E-state index contributed by atoms with van der Waals surface area (Å²) < 4.78 is 0. The molecule has 0 bridgehead atoms. The summed E-state index contributed by atoms with van der Waals surface area (Å²) in [6.45, 7) is 6.83. The molecule has 0 heterocycles. The first-order valence-electron chi connectivity index (χ1n) is 9.21. The van der Waals surface area contributed by atoms with Crippen LogP contribution in [0, 0.1) is 6.92 Å². The Kier molecular flexibility index (Phi) is 4.12. The van der Waals surface area contributed by atoms with Crippen molar-refractivity contribution in [3.63, 3.8) is 0 Å². The smallest absolute Gasteiger partial charge is 0.0153 e. The van der Waals surface area contributed by atoms with Gasteiger partial charge in [0.05, 0.1) is 0 Å². The molecule has 3 aromatic carbocycles. The van der Waals surface area contributed by atoms with E-state index in [0.717, 1.165) is 0 Å². The Hall–Kier alpha value is -2.86. The van der Waals surface area contributed by atoms with Crippen LogP contribution >= 0.6 is 0 Å².